The van der Waals surface area contributed by atoms with Gasteiger partial charge in [0.15, 0.2) is 0 Å². The third-order valence-electron chi connectivity index (χ3n) is 4.13. The molecular formula is C12H23BNO. The van der Waals surface area contributed by atoms with Crippen molar-refractivity contribution in [1.29, 1.82) is 0 Å². The second kappa shape index (κ2) is 3.01. The van der Waals surface area contributed by atoms with Gasteiger partial charge in [-0.2, -0.15) is 0 Å². The average Bonchev–Trinajstić information content (AvgIpc) is 2.20. The maximum Gasteiger partial charge on any atom is 0.399 e. The van der Waals surface area contributed by atoms with E-state index in [0.717, 1.165) is 0 Å². The summed E-state index contributed by atoms with van der Waals surface area (Å²) in [6, 6.07) is 0.581. The zero-order chi connectivity index (χ0) is 11.5. The van der Waals surface area contributed by atoms with Crippen LogP contribution in [0, 0.1) is 10.8 Å². The summed E-state index contributed by atoms with van der Waals surface area (Å²) in [5, 5.41) is 0. The smallest absolute Gasteiger partial charge is 0.399 e. The summed E-state index contributed by atoms with van der Waals surface area (Å²) in [5.74, 6) is 0. The number of rotatable bonds is 0. The van der Waals surface area contributed by atoms with Crippen molar-refractivity contribution in [3.8, 4) is 0 Å². The molecule has 3 heteroatoms. The molecule has 1 radical (unpaired) electrons. The Kier molecular flexibility index (Phi) is 2.30. The predicted molar refractivity (Wildman–Crippen MR) is 63.6 cm³/mol. The fourth-order valence-electron chi connectivity index (χ4n) is 3.68. The van der Waals surface area contributed by atoms with Crippen LogP contribution in [0.2, 0.25) is 0 Å². The minimum Gasteiger partial charge on any atom is -0.416 e. The van der Waals surface area contributed by atoms with Crippen LogP contribution in [0.25, 0.3) is 0 Å². The summed E-state index contributed by atoms with van der Waals surface area (Å²) in [5.41, 5.74) is 0.293. The van der Waals surface area contributed by atoms with E-state index in [0.29, 0.717) is 6.04 Å². The Morgan fingerprint density at radius 1 is 1.13 bits per heavy atom. The van der Waals surface area contributed by atoms with Gasteiger partial charge >= 0.3 is 7.62 Å². The van der Waals surface area contributed by atoms with Crippen LogP contribution in [0.3, 0.4) is 0 Å². The van der Waals surface area contributed by atoms with Gasteiger partial charge in [-0.3, -0.25) is 0 Å². The quantitative estimate of drug-likeness (QED) is 0.567. The molecule has 0 aromatic heterocycles. The summed E-state index contributed by atoms with van der Waals surface area (Å²) < 4.78 is 6.16. The molecule has 2 rings (SSSR count). The zero-order valence-electron chi connectivity index (χ0n) is 10.9. The van der Waals surface area contributed by atoms with Crippen molar-refractivity contribution >= 4 is 7.62 Å². The van der Waals surface area contributed by atoms with Gasteiger partial charge in [-0.05, 0) is 23.8 Å². The normalized spacial score (nSPS) is 30.7. The van der Waals surface area contributed by atoms with Gasteiger partial charge in [0.25, 0.3) is 0 Å². The third kappa shape index (κ3) is 1.32. The number of hydrogen-bond acceptors (Lipinski definition) is 2. The van der Waals surface area contributed by atoms with Crippen LogP contribution < -0.4 is 0 Å². The number of fused-ring (bicyclic) bond motifs is 1. The Bertz CT molecular complexity index is 250. The first kappa shape index (κ1) is 11.5. The second-order valence-corrected chi connectivity index (χ2v) is 7.00. The van der Waals surface area contributed by atoms with Crippen LogP contribution in [0.4, 0.5) is 0 Å². The molecule has 0 amide bonds. The maximum absolute atomic E-state index is 6.16. The molecule has 2 fully saturated rings. The molecule has 2 saturated heterocycles. The van der Waals surface area contributed by atoms with Gasteiger partial charge in [0.05, 0.1) is 5.60 Å². The standard InChI is InChI=1S/C12H23BNO/c1-10(2,3)12(11(4,5)6)9-7-8-14(9)13-15-12/h9H,7-8H2,1-6H3/t9-/m0/s1. The van der Waals surface area contributed by atoms with E-state index in [1.807, 2.05) is 7.62 Å². The lowest BCUT2D eigenvalue weighted by atomic mass is 9.57. The Morgan fingerprint density at radius 3 is 1.87 bits per heavy atom. The first-order valence-corrected chi connectivity index (χ1v) is 5.97. The molecule has 2 aliphatic heterocycles. The van der Waals surface area contributed by atoms with Crippen molar-refractivity contribution in [2.24, 2.45) is 10.8 Å². The van der Waals surface area contributed by atoms with E-state index in [9.17, 15) is 0 Å². The van der Waals surface area contributed by atoms with E-state index in [2.05, 4.69) is 46.4 Å². The molecule has 0 bridgehead atoms. The summed E-state index contributed by atoms with van der Waals surface area (Å²) in [7, 11) is 1.96. The van der Waals surface area contributed by atoms with Gasteiger partial charge in [-0.25, -0.2) is 0 Å². The van der Waals surface area contributed by atoms with Gasteiger partial charge in [0.1, 0.15) is 0 Å². The van der Waals surface area contributed by atoms with E-state index in [4.69, 9.17) is 4.65 Å². The van der Waals surface area contributed by atoms with Crippen LogP contribution in [-0.2, 0) is 4.65 Å². The highest BCUT2D eigenvalue weighted by molar-refractivity contribution is 6.25. The maximum atomic E-state index is 6.16. The predicted octanol–water partition coefficient (Wildman–Crippen LogP) is 2.46. The second-order valence-electron chi connectivity index (χ2n) is 7.00. The van der Waals surface area contributed by atoms with Crippen LogP contribution >= 0.6 is 0 Å². The fourth-order valence-corrected chi connectivity index (χ4v) is 3.68. The molecule has 2 heterocycles. The minimum atomic E-state index is -0.0434. The van der Waals surface area contributed by atoms with Crippen LogP contribution in [0.15, 0.2) is 0 Å². The molecule has 0 unspecified atom stereocenters. The minimum absolute atomic E-state index is 0.0434. The van der Waals surface area contributed by atoms with Crippen molar-refractivity contribution in [3.05, 3.63) is 0 Å². The first-order valence-electron chi connectivity index (χ1n) is 5.97. The van der Waals surface area contributed by atoms with Crippen molar-refractivity contribution in [3.63, 3.8) is 0 Å². The van der Waals surface area contributed by atoms with Gasteiger partial charge in [-0.15, -0.1) is 0 Å². The molecule has 0 saturated carbocycles. The van der Waals surface area contributed by atoms with Crippen LogP contribution in [0.5, 0.6) is 0 Å². The molecule has 0 aromatic rings. The molecule has 2 nitrogen and oxygen atoms in total. The SMILES string of the molecule is CC(C)(C)C1(C(C)(C)C)O[B]N2CC[C@H]21. The lowest BCUT2D eigenvalue weighted by molar-refractivity contribution is -0.137. The van der Waals surface area contributed by atoms with E-state index >= 15 is 0 Å². The molecule has 0 spiro atoms. The molecule has 1 atom stereocenters. The van der Waals surface area contributed by atoms with E-state index < -0.39 is 0 Å². The molecule has 15 heavy (non-hydrogen) atoms. The third-order valence-corrected chi connectivity index (χ3v) is 4.13. The molecule has 0 aliphatic carbocycles. The summed E-state index contributed by atoms with van der Waals surface area (Å²) in [6.07, 6.45) is 1.27. The van der Waals surface area contributed by atoms with Crippen molar-refractivity contribution in [2.45, 2.75) is 59.6 Å². The largest absolute Gasteiger partial charge is 0.416 e. The van der Waals surface area contributed by atoms with E-state index in [-0.39, 0.29) is 16.4 Å². The molecule has 2 aliphatic rings. The van der Waals surface area contributed by atoms with Crippen molar-refractivity contribution in [2.75, 3.05) is 6.54 Å². The lowest BCUT2D eigenvalue weighted by Crippen LogP contribution is -2.65. The molecular weight excluding hydrogens is 185 g/mol. The van der Waals surface area contributed by atoms with Gasteiger partial charge in [-0.1, -0.05) is 41.5 Å². The lowest BCUT2D eigenvalue weighted by Gasteiger charge is -2.57. The van der Waals surface area contributed by atoms with Crippen LogP contribution in [-0.4, -0.2) is 30.6 Å². The Labute approximate surface area is 94.7 Å². The van der Waals surface area contributed by atoms with Gasteiger partial charge < -0.3 is 9.47 Å². The fraction of sp³-hybridized carbons (Fsp3) is 1.00. The van der Waals surface area contributed by atoms with Crippen molar-refractivity contribution < 1.29 is 4.65 Å². The summed E-state index contributed by atoms with van der Waals surface area (Å²) >= 11 is 0. The van der Waals surface area contributed by atoms with E-state index in [1.165, 1.54) is 13.0 Å². The first-order chi connectivity index (χ1) is 6.70. The molecule has 0 N–H and O–H groups in total. The highest BCUT2D eigenvalue weighted by atomic mass is 16.5. The number of hydrogen-bond donors (Lipinski definition) is 0. The summed E-state index contributed by atoms with van der Waals surface area (Å²) in [4.78, 5) is 2.36. The Hall–Kier alpha value is -0.0151. The zero-order valence-corrected chi connectivity index (χ0v) is 10.9. The summed E-state index contributed by atoms with van der Waals surface area (Å²) in [6.45, 7) is 15.0. The monoisotopic (exact) mass is 208 g/mol. The van der Waals surface area contributed by atoms with Gasteiger partial charge in [0.2, 0.25) is 0 Å². The Balaban J connectivity index is 2.41. The number of nitrogens with zero attached hydrogens (tertiary/aromatic N) is 1. The van der Waals surface area contributed by atoms with Gasteiger partial charge in [0, 0.05) is 6.04 Å². The Morgan fingerprint density at radius 2 is 1.67 bits per heavy atom. The highest BCUT2D eigenvalue weighted by Gasteiger charge is 2.63. The molecule has 0 aromatic carbocycles. The van der Waals surface area contributed by atoms with Crippen LogP contribution in [0.1, 0.15) is 48.0 Å². The highest BCUT2D eigenvalue weighted by Crippen LogP contribution is 2.55. The van der Waals surface area contributed by atoms with E-state index in [1.54, 1.807) is 0 Å². The topological polar surface area (TPSA) is 12.5 Å². The molecule has 85 valence electrons. The average molecular weight is 208 g/mol. The van der Waals surface area contributed by atoms with Crippen molar-refractivity contribution in [1.82, 2.24) is 4.81 Å².